The Bertz CT molecular complexity index is 698. The Balaban J connectivity index is 1.56. The molecule has 2 aromatic carbocycles. The van der Waals surface area contributed by atoms with E-state index in [0.29, 0.717) is 12.1 Å². The molecule has 0 saturated carbocycles. The van der Waals surface area contributed by atoms with Gasteiger partial charge in [0, 0.05) is 23.3 Å². The minimum Gasteiger partial charge on any atom is -0.872 e. The van der Waals surface area contributed by atoms with Gasteiger partial charge >= 0.3 is 0 Å². The number of piperazine rings is 1. The molecule has 0 atom stereocenters. The van der Waals surface area contributed by atoms with Crippen molar-refractivity contribution in [3.05, 3.63) is 69.8 Å². The number of nitrogens with one attached hydrogen (secondary N) is 2. The first-order chi connectivity index (χ1) is 11.6. The number of hydrogen-bond acceptors (Lipinski definition) is 3. The second kappa shape index (κ2) is 7.42. The number of nitro benzene ring substituents is 1. The van der Waals surface area contributed by atoms with Crippen LogP contribution >= 0.6 is 0 Å². The van der Waals surface area contributed by atoms with Gasteiger partial charge in [-0.1, -0.05) is 42.1 Å². The van der Waals surface area contributed by atoms with E-state index in [2.05, 4.69) is 24.3 Å². The Kier molecular flexibility index (Phi) is 5.08. The van der Waals surface area contributed by atoms with E-state index in [0.717, 1.165) is 32.7 Å². The fraction of sp³-hybridized carbons (Fsp3) is 0.333. The molecule has 0 bridgehead atoms. The van der Waals surface area contributed by atoms with E-state index >= 15 is 0 Å². The van der Waals surface area contributed by atoms with Crippen LogP contribution in [0.15, 0.2) is 48.5 Å². The maximum absolute atomic E-state index is 11.9. The number of hydrogen-bond donors (Lipinski definition) is 2. The van der Waals surface area contributed by atoms with Crippen LogP contribution in [0.4, 0.5) is 5.69 Å². The molecule has 0 radical (unpaired) electrons. The van der Waals surface area contributed by atoms with E-state index in [4.69, 9.17) is 0 Å². The van der Waals surface area contributed by atoms with Crippen molar-refractivity contribution in [3.8, 4) is 5.75 Å². The third-order valence-corrected chi connectivity index (χ3v) is 4.66. The molecule has 1 saturated heterocycles. The van der Waals surface area contributed by atoms with Crippen molar-refractivity contribution >= 4 is 5.69 Å². The fourth-order valence-electron chi connectivity index (χ4n) is 3.28. The highest BCUT2D eigenvalue weighted by Gasteiger charge is 2.23. The molecule has 0 aliphatic carbocycles. The highest BCUT2D eigenvalue weighted by Crippen LogP contribution is 2.19. The minimum absolute atomic E-state index is 0.00246. The average molecular weight is 328 g/mol. The van der Waals surface area contributed by atoms with Gasteiger partial charge in [0.2, 0.25) is 0 Å². The van der Waals surface area contributed by atoms with Gasteiger partial charge in [-0.05, 0) is 0 Å². The third kappa shape index (κ3) is 4.10. The van der Waals surface area contributed by atoms with Gasteiger partial charge in [0.25, 0.3) is 5.69 Å². The van der Waals surface area contributed by atoms with Crippen molar-refractivity contribution in [1.82, 2.24) is 0 Å². The Morgan fingerprint density at radius 2 is 1.54 bits per heavy atom. The fourth-order valence-corrected chi connectivity index (χ4v) is 3.28. The normalized spacial score (nSPS) is 20.7. The first-order valence-electron chi connectivity index (χ1n) is 8.27. The summed E-state index contributed by atoms with van der Waals surface area (Å²) in [5.74, 6) is -0.104. The quantitative estimate of drug-likeness (QED) is 0.555. The number of nitro groups is 1. The molecular weight excluding hydrogens is 306 g/mol. The maximum atomic E-state index is 11.9. The summed E-state index contributed by atoms with van der Waals surface area (Å²) in [4.78, 5) is 13.3. The van der Waals surface area contributed by atoms with Gasteiger partial charge in [-0.3, -0.25) is 10.1 Å². The monoisotopic (exact) mass is 328 g/mol. The topological polar surface area (TPSA) is 75.1 Å². The van der Waals surface area contributed by atoms with Crippen molar-refractivity contribution in [2.24, 2.45) is 0 Å². The zero-order valence-corrected chi connectivity index (χ0v) is 13.5. The van der Waals surface area contributed by atoms with E-state index < -0.39 is 4.92 Å². The zero-order chi connectivity index (χ0) is 16.9. The van der Waals surface area contributed by atoms with Gasteiger partial charge in [0.05, 0.1) is 4.92 Å². The van der Waals surface area contributed by atoms with Gasteiger partial charge in [0.15, 0.2) is 0 Å². The lowest BCUT2D eigenvalue weighted by atomic mass is 10.1. The van der Waals surface area contributed by atoms with Gasteiger partial charge < -0.3 is 14.9 Å². The number of rotatable bonds is 5. The summed E-state index contributed by atoms with van der Waals surface area (Å²) in [5, 5.41) is 22.8. The molecule has 24 heavy (non-hydrogen) atoms. The highest BCUT2D eigenvalue weighted by molar-refractivity contribution is 5.41. The van der Waals surface area contributed by atoms with E-state index in [1.807, 2.05) is 6.07 Å². The molecule has 1 heterocycles. The molecule has 0 amide bonds. The standard InChI is InChI=1S/C18H21N3O3/c22-18-7-6-17(21(23)24)12-16(18)14-20-10-8-19(9-11-20)13-15-4-2-1-3-5-15/h1-7,12,22H,8-11,13-14H2/p+1. The third-order valence-electron chi connectivity index (χ3n) is 4.66. The van der Waals surface area contributed by atoms with Gasteiger partial charge in [-0.15, -0.1) is 0 Å². The molecule has 1 aliphatic rings. The highest BCUT2D eigenvalue weighted by atomic mass is 16.6. The Hall–Kier alpha value is -2.44. The summed E-state index contributed by atoms with van der Waals surface area (Å²) >= 11 is 0. The maximum Gasteiger partial charge on any atom is 0.269 e. The van der Waals surface area contributed by atoms with E-state index in [9.17, 15) is 15.2 Å². The molecular formula is C18H22N3O3+. The van der Waals surface area contributed by atoms with Crippen molar-refractivity contribution in [2.75, 3.05) is 26.2 Å². The molecule has 0 spiro atoms. The van der Waals surface area contributed by atoms with E-state index in [1.54, 1.807) is 4.90 Å². The van der Waals surface area contributed by atoms with Crippen LogP contribution in [-0.2, 0) is 13.1 Å². The van der Waals surface area contributed by atoms with E-state index in [1.165, 1.54) is 28.7 Å². The van der Waals surface area contributed by atoms with Crippen LogP contribution in [0.2, 0.25) is 0 Å². The van der Waals surface area contributed by atoms with Crippen LogP contribution in [0.25, 0.3) is 0 Å². The Labute approximate surface area is 141 Å². The van der Waals surface area contributed by atoms with E-state index in [-0.39, 0.29) is 11.4 Å². The summed E-state index contributed by atoms with van der Waals surface area (Å²) in [6, 6.07) is 14.5. The number of non-ortho nitro benzene ring substituents is 1. The molecule has 126 valence electrons. The number of nitrogens with zero attached hydrogens (tertiary/aromatic N) is 1. The zero-order valence-electron chi connectivity index (χ0n) is 13.5. The predicted octanol–water partition coefficient (Wildman–Crippen LogP) is -0.848. The molecule has 0 aromatic heterocycles. The molecule has 6 heteroatoms. The molecule has 0 unspecified atom stereocenters. The lowest BCUT2D eigenvalue weighted by Gasteiger charge is -2.30. The van der Waals surface area contributed by atoms with Crippen molar-refractivity contribution in [3.63, 3.8) is 0 Å². The molecule has 1 fully saturated rings. The Morgan fingerprint density at radius 3 is 2.17 bits per heavy atom. The summed E-state index contributed by atoms with van der Waals surface area (Å²) in [5.41, 5.74) is 1.89. The number of quaternary nitrogens is 2. The van der Waals surface area contributed by atoms with Crippen molar-refractivity contribution in [2.45, 2.75) is 13.1 Å². The molecule has 2 N–H and O–H groups in total. The first kappa shape index (κ1) is 16.4. The molecule has 6 nitrogen and oxygen atoms in total. The van der Waals surface area contributed by atoms with Crippen LogP contribution in [0.3, 0.4) is 0 Å². The summed E-state index contributed by atoms with van der Waals surface area (Å²) in [7, 11) is 0. The molecule has 2 aromatic rings. The van der Waals surface area contributed by atoms with Crippen LogP contribution in [0.1, 0.15) is 11.1 Å². The van der Waals surface area contributed by atoms with Gasteiger partial charge in [-0.25, -0.2) is 0 Å². The molecule has 3 rings (SSSR count). The SMILES string of the molecule is O=[N+]([O-])c1ccc([O-])c(C[NH+]2CC[NH+](Cc3ccccc3)CC2)c1. The second-order valence-corrected chi connectivity index (χ2v) is 6.39. The molecule has 1 aliphatic heterocycles. The smallest absolute Gasteiger partial charge is 0.269 e. The second-order valence-electron chi connectivity index (χ2n) is 6.39. The lowest BCUT2D eigenvalue weighted by Crippen LogP contribution is -3.27. The van der Waals surface area contributed by atoms with Crippen LogP contribution in [0, 0.1) is 10.1 Å². The van der Waals surface area contributed by atoms with Gasteiger partial charge in [0.1, 0.15) is 39.3 Å². The summed E-state index contributed by atoms with van der Waals surface area (Å²) in [6.07, 6.45) is 0. The van der Waals surface area contributed by atoms with Crippen LogP contribution < -0.4 is 14.9 Å². The van der Waals surface area contributed by atoms with Crippen LogP contribution in [-0.4, -0.2) is 31.1 Å². The number of benzene rings is 2. The predicted molar refractivity (Wildman–Crippen MR) is 87.8 cm³/mol. The minimum atomic E-state index is -0.444. The van der Waals surface area contributed by atoms with Crippen molar-refractivity contribution < 1.29 is 19.8 Å². The van der Waals surface area contributed by atoms with Gasteiger partial charge in [-0.2, -0.15) is 0 Å². The summed E-state index contributed by atoms with van der Waals surface area (Å²) < 4.78 is 0. The first-order valence-corrected chi connectivity index (χ1v) is 8.27. The lowest BCUT2D eigenvalue weighted by molar-refractivity contribution is -1.02. The Morgan fingerprint density at radius 1 is 0.917 bits per heavy atom. The largest absolute Gasteiger partial charge is 0.872 e. The van der Waals surface area contributed by atoms with Crippen LogP contribution in [0.5, 0.6) is 5.75 Å². The van der Waals surface area contributed by atoms with Crippen molar-refractivity contribution in [1.29, 1.82) is 0 Å². The summed E-state index contributed by atoms with van der Waals surface area (Å²) in [6.45, 7) is 5.64. The average Bonchev–Trinajstić information content (AvgIpc) is 2.59.